The SMILES string of the molecule is CN(CC1CCCCO1)C(=O)c1cccc(-c2cncn2C)c1. The van der Waals surface area contributed by atoms with Gasteiger partial charge in [-0.15, -0.1) is 0 Å². The van der Waals surface area contributed by atoms with Gasteiger partial charge in [0.25, 0.3) is 5.91 Å². The van der Waals surface area contributed by atoms with E-state index in [-0.39, 0.29) is 12.0 Å². The zero-order valence-corrected chi connectivity index (χ0v) is 13.7. The lowest BCUT2D eigenvalue weighted by Gasteiger charge is -2.27. The Bertz CT molecular complexity index is 674. The van der Waals surface area contributed by atoms with Crippen molar-refractivity contribution in [1.29, 1.82) is 0 Å². The van der Waals surface area contributed by atoms with Crippen molar-refractivity contribution in [1.82, 2.24) is 14.5 Å². The first-order valence-electron chi connectivity index (χ1n) is 8.09. The van der Waals surface area contributed by atoms with E-state index in [1.165, 1.54) is 6.42 Å². The Morgan fingerprint density at radius 2 is 2.30 bits per heavy atom. The summed E-state index contributed by atoms with van der Waals surface area (Å²) in [5.41, 5.74) is 2.69. The third-order valence-electron chi connectivity index (χ3n) is 4.32. The highest BCUT2D eigenvalue weighted by Crippen LogP contribution is 2.20. The number of carbonyl (C=O) groups excluding carboxylic acids is 1. The van der Waals surface area contributed by atoms with E-state index in [2.05, 4.69) is 4.98 Å². The number of rotatable bonds is 4. The van der Waals surface area contributed by atoms with Crippen molar-refractivity contribution in [2.45, 2.75) is 25.4 Å². The van der Waals surface area contributed by atoms with Crippen LogP contribution in [0.25, 0.3) is 11.3 Å². The van der Waals surface area contributed by atoms with E-state index in [1.807, 2.05) is 49.1 Å². The molecule has 23 heavy (non-hydrogen) atoms. The van der Waals surface area contributed by atoms with E-state index in [0.29, 0.717) is 12.1 Å². The van der Waals surface area contributed by atoms with E-state index in [0.717, 1.165) is 30.7 Å². The van der Waals surface area contributed by atoms with Gasteiger partial charge >= 0.3 is 0 Å². The normalized spacial score (nSPS) is 17.9. The lowest BCUT2D eigenvalue weighted by atomic mass is 10.1. The molecule has 122 valence electrons. The molecular formula is C18H23N3O2. The molecule has 0 N–H and O–H groups in total. The average molecular weight is 313 g/mol. The third-order valence-corrected chi connectivity index (χ3v) is 4.32. The maximum Gasteiger partial charge on any atom is 0.253 e. The molecule has 1 fully saturated rings. The summed E-state index contributed by atoms with van der Waals surface area (Å²) in [6.07, 6.45) is 7.08. The fourth-order valence-electron chi connectivity index (χ4n) is 3.01. The molecular weight excluding hydrogens is 290 g/mol. The Labute approximate surface area is 136 Å². The zero-order valence-electron chi connectivity index (χ0n) is 13.7. The van der Waals surface area contributed by atoms with Gasteiger partial charge in [-0.25, -0.2) is 4.98 Å². The number of aromatic nitrogens is 2. The molecule has 0 aliphatic carbocycles. The van der Waals surface area contributed by atoms with Gasteiger partial charge in [-0.2, -0.15) is 0 Å². The van der Waals surface area contributed by atoms with E-state index in [4.69, 9.17) is 4.74 Å². The fraction of sp³-hybridized carbons (Fsp3) is 0.444. The number of ether oxygens (including phenoxy) is 1. The number of benzene rings is 1. The van der Waals surface area contributed by atoms with Crippen molar-refractivity contribution < 1.29 is 9.53 Å². The second-order valence-corrected chi connectivity index (χ2v) is 6.14. The lowest BCUT2D eigenvalue weighted by Crippen LogP contribution is -2.37. The second-order valence-electron chi connectivity index (χ2n) is 6.14. The van der Waals surface area contributed by atoms with Gasteiger partial charge in [0, 0.05) is 38.4 Å². The van der Waals surface area contributed by atoms with Crippen LogP contribution in [0.1, 0.15) is 29.6 Å². The molecule has 1 aromatic heterocycles. The van der Waals surface area contributed by atoms with Gasteiger partial charge in [0.1, 0.15) is 0 Å². The molecule has 2 heterocycles. The van der Waals surface area contributed by atoms with Crippen molar-refractivity contribution in [3.8, 4) is 11.3 Å². The average Bonchev–Trinajstić information content (AvgIpc) is 3.01. The molecule has 2 aromatic rings. The van der Waals surface area contributed by atoms with Crippen LogP contribution in [0, 0.1) is 0 Å². The highest BCUT2D eigenvalue weighted by Gasteiger charge is 2.20. The van der Waals surface area contributed by atoms with Crippen LogP contribution in [-0.2, 0) is 11.8 Å². The van der Waals surface area contributed by atoms with Gasteiger partial charge in [0.15, 0.2) is 0 Å². The van der Waals surface area contributed by atoms with Crippen LogP contribution in [0.5, 0.6) is 0 Å². The quantitative estimate of drug-likeness (QED) is 0.872. The molecule has 5 nitrogen and oxygen atoms in total. The molecule has 1 unspecified atom stereocenters. The number of hydrogen-bond acceptors (Lipinski definition) is 3. The minimum absolute atomic E-state index is 0.0307. The number of likely N-dealkylation sites (N-methyl/N-ethyl adjacent to an activating group) is 1. The van der Waals surface area contributed by atoms with Crippen molar-refractivity contribution in [2.75, 3.05) is 20.2 Å². The minimum atomic E-state index is 0.0307. The van der Waals surface area contributed by atoms with E-state index in [9.17, 15) is 4.79 Å². The van der Waals surface area contributed by atoms with Crippen LogP contribution in [0.3, 0.4) is 0 Å². The lowest BCUT2D eigenvalue weighted by molar-refractivity contribution is -0.000186. The van der Waals surface area contributed by atoms with Gasteiger partial charge < -0.3 is 14.2 Å². The minimum Gasteiger partial charge on any atom is -0.376 e. The van der Waals surface area contributed by atoms with E-state index in [1.54, 1.807) is 11.2 Å². The number of carbonyl (C=O) groups is 1. The first-order valence-corrected chi connectivity index (χ1v) is 8.09. The van der Waals surface area contributed by atoms with Crippen LogP contribution in [0.15, 0.2) is 36.8 Å². The summed E-state index contributed by atoms with van der Waals surface area (Å²) in [6.45, 7) is 1.46. The van der Waals surface area contributed by atoms with Gasteiger partial charge in [-0.05, 0) is 31.4 Å². The summed E-state index contributed by atoms with van der Waals surface area (Å²) >= 11 is 0. The third kappa shape index (κ3) is 3.62. The molecule has 0 saturated carbocycles. The maximum atomic E-state index is 12.7. The van der Waals surface area contributed by atoms with Crippen LogP contribution < -0.4 is 0 Å². The molecule has 3 rings (SSSR count). The largest absolute Gasteiger partial charge is 0.376 e. The number of nitrogens with zero attached hydrogens (tertiary/aromatic N) is 3. The Hall–Kier alpha value is -2.14. The Morgan fingerprint density at radius 1 is 1.43 bits per heavy atom. The maximum absolute atomic E-state index is 12.7. The van der Waals surface area contributed by atoms with E-state index >= 15 is 0 Å². The smallest absolute Gasteiger partial charge is 0.253 e. The van der Waals surface area contributed by atoms with Crippen LogP contribution in [0.2, 0.25) is 0 Å². The number of aryl methyl sites for hydroxylation is 1. The molecule has 1 saturated heterocycles. The summed E-state index contributed by atoms with van der Waals surface area (Å²) in [5.74, 6) is 0.0307. The number of imidazole rings is 1. The summed E-state index contributed by atoms with van der Waals surface area (Å²) in [6, 6.07) is 7.70. The highest BCUT2D eigenvalue weighted by atomic mass is 16.5. The fourth-order valence-corrected chi connectivity index (χ4v) is 3.01. The zero-order chi connectivity index (χ0) is 16.2. The first-order chi connectivity index (χ1) is 11.1. The molecule has 0 radical (unpaired) electrons. The van der Waals surface area contributed by atoms with Gasteiger partial charge in [0.05, 0.1) is 24.3 Å². The van der Waals surface area contributed by atoms with Gasteiger partial charge in [-0.3, -0.25) is 4.79 Å². The van der Waals surface area contributed by atoms with Gasteiger partial charge in [0.2, 0.25) is 0 Å². The monoisotopic (exact) mass is 313 g/mol. The molecule has 1 amide bonds. The molecule has 1 aliphatic heterocycles. The molecule has 5 heteroatoms. The first kappa shape index (κ1) is 15.7. The van der Waals surface area contributed by atoms with Crippen molar-refractivity contribution >= 4 is 5.91 Å². The molecule has 1 atom stereocenters. The molecule has 0 bridgehead atoms. The highest BCUT2D eigenvalue weighted by molar-refractivity contribution is 5.95. The summed E-state index contributed by atoms with van der Waals surface area (Å²) in [5, 5.41) is 0. The predicted octanol–water partition coefficient (Wildman–Crippen LogP) is 2.73. The molecule has 1 aliphatic rings. The van der Waals surface area contributed by atoms with Crippen molar-refractivity contribution in [3.63, 3.8) is 0 Å². The van der Waals surface area contributed by atoms with E-state index < -0.39 is 0 Å². The van der Waals surface area contributed by atoms with Crippen LogP contribution in [-0.4, -0.2) is 46.7 Å². The standard InChI is InChI=1S/C18H23N3O2/c1-20(12-16-8-3-4-9-23-16)18(22)15-7-5-6-14(10-15)17-11-19-13-21(17)2/h5-7,10-11,13,16H,3-4,8-9,12H2,1-2H3. The Morgan fingerprint density at radius 3 is 3.00 bits per heavy atom. The summed E-state index contributed by atoms with van der Waals surface area (Å²) < 4.78 is 7.68. The van der Waals surface area contributed by atoms with Crippen molar-refractivity contribution in [3.05, 3.63) is 42.4 Å². The van der Waals surface area contributed by atoms with Gasteiger partial charge in [-0.1, -0.05) is 12.1 Å². The summed E-state index contributed by atoms with van der Waals surface area (Å²) in [7, 11) is 3.79. The summed E-state index contributed by atoms with van der Waals surface area (Å²) in [4.78, 5) is 18.6. The number of hydrogen-bond donors (Lipinski definition) is 0. The Balaban J connectivity index is 1.73. The van der Waals surface area contributed by atoms with Crippen LogP contribution in [0.4, 0.5) is 0 Å². The second kappa shape index (κ2) is 6.96. The van der Waals surface area contributed by atoms with Crippen LogP contribution >= 0.6 is 0 Å². The van der Waals surface area contributed by atoms with Crippen molar-refractivity contribution in [2.24, 2.45) is 7.05 Å². The molecule has 0 spiro atoms. The topological polar surface area (TPSA) is 47.4 Å². The predicted molar refractivity (Wildman–Crippen MR) is 89.2 cm³/mol. The Kier molecular flexibility index (Phi) is 4.76. The molecule has 1 aromatic carbocycles. The number of amides is 1.